The number of rotatable bonds is 9. The number of fused-ring (bicyclic) bond motifs is 3. The highest BCUT2D eigenvalue weighted by molar-refractivity contribution is 5.85. The number of benzene rings is 2. The number of aliphatic hydroxyl groups is 1. The fraction of sp³-hybridized carbons (Fsp3) is 0.533. The first kappa shape index (κ1) is 26.1. The summed E-state index contributed by atoms with van der Waals surface area (Å²) in [6, 6.07) is 10.6. The Kier molecular flexibility index (Phi) is 7.31. The number of H-pyrrole nitrogens is 1. The molecular formula is C30H40F2N4O. The molecule has 0 saturated carbocycles. The third-order valence-electron chi connectivity index (χ3n) is 8.06. The van der Waals surface area contributed by atoms with Crippen molar-refractivity contribution in [2.24, 2.45) is 5.41 Å². The zero-order valence-corrected chi connectivity index (χ0v) is 22.5. The van der Waals surface area contributed by atoms with Gasteiger partial charge in [0.1, 0.15) is 11.6 Å². The van der Waals surface area contributed by atoms with E-state index in [1.54, 1.807) is 0 Å². The number of hydrogen-bond donors (Lipinski definition) is 3. The Morgan fingerprint density at radius 1 is 1.14 bits per heavy atom. The van der Waals surface area contributed by atoms with Crippen LogP contribution in [0.3, 0.4) is 0 Å². The SMILES string of the molecule is CCCCN1CC(Nc2cc(F)c(C3c4[nH]c5ccccc5c4CC(C)N3CC(C)(C)CO)c(F)c2)C1. The van der Waals surface area contributed by atoms with Crippen molar-refractivity contribution >= 4 is 16.6 Å². The summed E-state index contributed by atoms with van der Waals surface area (Å²) in [5.41, 5.74) is 3.08. The van der Waals surface area contributed by atoms with Gasteiger partial charge in [0.25, 0.3) is 0 Å². The molecule has 1 fully saturated rings. The molecule has 0 aliphatic carbocycles. The molecule has 2 atom stereocenters. The number of hydrogen-bond acceptors (Lipinski definition) is 4. The van der Waals surface area contributed by atoms with Crippen molar-refractivity contribution in [2.45, 2.75) is 65.1 Å². The summed E-state index contributed by atoms with van der Waals surface area (Å²) in [5, 5.41) is 14.4. The predicted molar refractivity (Wildman–Crippen MR) is 146 cm³/mol. The fourth-order valence-electron chi connectivity index (χ4n) is 6.00. The smallest absolute Gasteiger partial charge is 0.133 e. The summed E-state index contributed by atoms with van der Waals surface area (Å²) in [4.78, 5) is 8.02. The second-order valence-corrected chi connectivity index (χ2v) is 11.8. The minimum Gasteiger partial charge on any atom is -0.396 e. The average Bonchev–Trinajstić information content (AvgIpc) is 3.19. The summed E-state index contributed by atoms with van der Waals surface area (Å²) in [6.45, 7) is 11.6. The third kappa shape index (κ3) is 5.14. The van der Waals surface area contributed by atoms with Gasteiger partial charge in [-0.3, -0.25) is 9.80 Å². The van der Waals surface area contributed by atoms with E-state index in [-0.39, 0.29) is 24.3 Å². The highest BCUT2D eigenvalue weighted by atomic mass is 19.1. The number of nitrogens with zero attached hydrogens (tertiary/aromatic N) is 2. The Labute approximate surface area is 218 Å². The van der Waals surface area contributed by atoms with Crippen LogP contribution in [0.4, 0.5) is 14.5 Å². The van der Waals surface area contributed by atoms with Crippen LogP contribution in [0.15, 0.2) is 36.4 Å². The first-order valence-electron chi connectivity index (χ1n) is 13.6. The van der Waals surface area contributed by atoms with Crippen molar-refractivity contribution < 1.29 is 13.9 Å². The van der Waals surface area contributed by atoms with Gasteiger partial charge in [-0.1, -0.05) is 45.4 Å². The van der Waals surface area contributed by atoms with Gasteiger partial charge in [0.05, 0.1) is 12.1 Å². The number of aromatic amines is 1. The monoisotopic (exact) mass is 510 g/mol. The number of aromatic nitrogens is 1. The highest BCUT2D eigenvalue weighted by Gasteiger charge is 2.41. The van der Waals surface area contributed by atoms with Gasteiger partial charge < -0.3 is 15.4 Å². The van der Waals surface area contributed by atoms with Crippen molar-refractivity contribution in [3.05, 3.63) is 64.9 Å². The maximum Gasteiger partial charge on any atom is 0.133 e. The summed E-state index contributed by atoms with van der Waals surface area (Å²) >= 11 is 0. The van der Waals surface area contributed by atoms with Gasteiger partial charge in [0, 0.05) is 65.5 Å². The van der Waals surface area contributed by atoms with Crippen molar-refractivity contribution in [1.29, 1.82) is 0 Å². The number of likely N-dealkylation sites (tertiary alicyclic amines) is 1. The molecule has 2 aliphatic heterocycles. The minimum atomic E-state index is -0.612. The summed E-state index contributed by atoms with van der Waals surface area (Å²) < 4.78 is 31.8. The molecule has 3 heterocycles. The van der Waals surface area contributed by atoms with E-state index < -0.39 is 23.1 Å². The van der Waals surface area contributed by atoms with E-state index in [1.807, 2.05) is 32.0 Å². The molecule has 0 bridgehead atoms. The number of aliphatic hydroxyl groups excluding tert-OH is 1. The van der Waals surface area contributed by atoms with Gasteiger partial charge in [0.2, 0.25) is 0 Å². The molecule has 0 spiro atoms. The Hall–Kier alpha value is -2.48. The normalized spacial score (nSPS) is 21.3. The number of halogens is 2. The van der Waals surface area contributed by atoms with Crippen LogP contribution in [-0.4, -0.2) is 64.8 Å². The maximum absolute atomic E-state index is 15.9. The van der Waals surface area contributed by atoms with Crippen molar-refractivity contribution in [3.8, 4) is 0 Å². The Balaban J connectivity index is 1.50. The molecule has 2 aromatic carbocycles. The second-order valence-electron chi connectivity index (χ2n) is 11.8. The standard InChI is InChI=1S/C30H40F2N4O/c1-5-6-11-35-15-21(16-35)33-20-13-24(31)27(25(32)14-20)29-28-23(22-9-7-8-10-26(22)34-28)12-19(2)36(29)17-30(3,4)18-37/h7-10,13-14,19,21,29,33-34,37H,5-6,11-12,15-18H2,1-4H3. The van der Waals surface area contributed by atoms with Crippen LogP contribution < -0.4 is 5.32 Å². The van der Waals surface area contributed by atoms with Gasteiger partial charge >= 0.3 is 0 Å². The van der Waals surface area contributed by atoms with E-state index in [0.717, 1.165) is 54.6 Å². The van der Waals surface area contributed by atoms with Crippen molar-refractivity contribution in [2.75, 3.05) is 38.1 Å². The first-order chi connectivity index (χ1) is 17.7. The van der Waals surface area contributed by atoms with E-state index in [0.29, 0.717) is 12.2 Å². The molecular weight excluding hydrogens is 470 g/mol. The highest BCUT2D eigenvalue weighted by Crippen LogP contribution is 2.44. The molecule has 1 aromatic heterocycles. The van der Waals surface area contributed by atoms with Crippen LogP contribution in [0.1, 0.15) is 63.4 Å². The quantitative estimate of drug-likeness (QED) is 0.346. The van der Waals surface area contributed by atoms with Gasteiger partial charge in [-0.05, 0) is 50.1 Å². The van der Waals surface area contributed by atoms with E-state index in [9.17, 15) is 5.11 Å². The Morgan fingerprint density at radius 2 is 1.84 bits per heavy atom. The lowest BCUT2D eigenvalue weighted by Crippen LogP contribution is -2.54. The van der Waals surface area contributed by atoms with Crippen LogP contribution in [0, 0.1) is 17.0 Å². The molecule has 3 N–H and O–H groups in total. The first-order valence-corrected chi connectivity index (χ1v) is 13.6. The van der Waals surface area contributed by atoms with Gasteiger partial charge in [-0.15, -0.1) is 0 Å². The predicted octanol–water partition coefficient (Wildman–Crippen LogP) is 5.70. The Morgan fingerprint density at radius 3 is 2.51 bits per heavy atom. The lowest BCUT2D eigenvalue weighted by molar-refractivity contribution is 0.0544. The molecule has 2 unspecified atom stereocenters. The minimum absolute atomic E-state index is 0.00696. The molecule has 1 saturated heterocycles. The van der Waals surface area contributed by atoms with Crippen LogP contribution in [0.2, 0.25) is 0 Å². The molecule has 0 radical (unpaired) electrons. The van der Waals surface area contributed by atoms with E-state index in [4.69, 9.17) is 0 Å². The number of anilines is 1. The molecule has 7 heteroatoms. The third-order valence-corrected chi connectivity index (χ3v) is 8.06. The van der Waals surface area contributed by atoms with Crippen molar-refractivity contribution in [1.82, 2.24) is 14.8 Å². The largest absolute Gasteiger partial charge is 0.396 e. The van der Waals surface area contributed by atoms with E-state index >= 15 is 8.78 Å². The lowest BCUT2D eigenvalue weighted by Gasteiger charge is -2.44. The zero-order chi connectivity index (χ0) is 26.3. The summed E-state index contributed by atoms with van der Waals surface area (Å²) in [5.74, 6) is -1.08. The zero-order valence-electron chi connectivity index (χ0n) is 22.5. The van der Waals surface area contributed by atoms with E-state index in [1.165, 1.54) is 18.6 Å². The van der Waals surface area contributed by atoms with Gasteiger partial charge in [-0.2, -0.15) is 0 Å². The lowest BCUT2D eigenvalue weighted by atomic mass is 9.84. The second kappa shape index (κ2) is 10.4. The van der Waals surface area contributed by atoms with Crippen LogP contribution >= 0.6 is 0 Å². The molecule has 37 heavy (non-hydrogen) atoms. The number of unbranched alkanes of at least 4 members (excludes halogenated alkanes) is 1. The van der Waals surface area contributed by atoms with Gasteiger partial charge in [0.15, 0.2) is 0 Å². The van der Waals surface area contributed by atoms with Crippen LogP contribution in [0.5, 0.6) is 0 Å². The molecule has 200 valence electrons. The molecule has 0 amide bonds. The molecule has 2 aliphatic rings. The molecule has 5 rings (SSSR count). The number of para-hydroxylation sites is 1. The average molecular weight is 511 g/mol. The topological polar surface area (TPSA) is 54.5 Å². The Bertz CT molecular complexity index is 1230. The summed E-state index contributed by atoms with van der Waals surface area (Å²) in [7, 11) is 0. The summed E-state index contributed by atoms with van der Waals surface area (Å²) in [6.07, 6.45) is 3.11. The number of nitrogens with one attached hydrogen (secondary N) is 2. The van der Waals surface area contributed by atoms with Crippen molar-refractivity contribution in [3.63, 3.8) is 0 Å². The van der Waals surface area contributed by atoms with Crippen LogP contribution in [0.25, 0.3) is 10.9 Å². The van der Waals surface area contributed by atoms with E-state index in [2.05, 4.69) is 40.0 Å². The van der Waals surface area contributed by atoms with Gasteiger partial charge in [-0.25, -0.2) is 8.78 Å². The fourth-order valence-corrected chi connectivity index (χ4v) is 6.00. The maximum atomic E-state index is 15.9. The molecule has 5 nitrogen and oxygen atoms in total. The molecule has 3 aromatic rings. The van der Waals surface area contributed by atoms with Crippen LogP contribution in [-0.2, 0) is 6.42 Å².